The van der Waals surface area contributed by atoms with Crippen LogP contribution in [0.4, 0.5) is 0 Å². The monoisotopic (exact) mass is 167 g/mol. The minimum atomic E-state index is 0.955. The zero-order valence-corrected chi connectivity index (χ0v) is 8.31. The highest BCUT2D eigenvalue weighted by Crippen LogP contribution is 2.09. The minimum absolute atomic E-state index is 0.955. The van der Waals surface area contributed by atoms with Gasteiger partial charge in [0.15, 0.2) is 0 Å². The second kappa shape index (κ2) is 3.72. The summed E-state index contributed by atoms with van der Waals surface area (Å²) in [5, 5.41) is 7.54. The zero-order valence-electron chi connectivity index (χ0n) is 8.31. The van der Waals surface area contributed by atoms with Gasteiger partial charge in [-0.05, 0) is 33.4 Å². The number of aryl methyl sites for hydroxylation is 1. The van der Waals surface area contributed by atoms with Crippen molar-refractivity contribution in [1.82, 2.24) is 15.1 Å². The quantitative estimate of drug-likeness (QED) is 0.728. The van der Waals surface area contributed by atoms with Crippen molar-refractivity contribution in [2.24, 2.45) is 0 Å². The summed E-state index contributed by atoms with van der Waals surface area (Å²) in [4.78, 5) is 0. The number of hydrogen-bond acceptors (Lipinski definition) is 2. The molecule has 1 rings (SSSR count). The average molecular weight is 167 g/mol. The highest BCUT2D eigenvalue weighted by atomic mass is 15.3. The lowest BCUT2D eigenvalue weighted by Gasteiger charge is -2.02. The first-order valence-corrected chi connectivity index (χ1v) is 4.32. The lowest BCUT2D eigenvalue weighted by atomic mass is 10.2. The molecule has 0 saturated heterocycles. The first-order valence-electron chi connectivity index (χ1n) is 4.32. The van der Waals surface area contributed by atoms with Crippen molar-refractivity contribution in [2.45, 2.75) is 27.3 Å². The molecule has 0 unspecified atom stereocenters. The summed E-state index contributed by atoms with van der Waals surface area (Å²) in [7, 11) is 1.96. The molecule has 0 amide bonds. The molecular weight excluding hydrogens is 150 g/mol. The summed E-state index contributed by atoms with van der Waals surface area (Å²) in [5.41, 5.74) is 3.73. The van der Waals surface area contributed by atoms with E-state index >= 15 is 0 Å². The van der Waals surface area contributed by atoms with Gasteiger partial charge in [-0.2, -0.15) is 5.10 Å². The third kappa shape index (κ3) is 1.67. The van der Waals surface area contributed by atoms with E-state index in [2.05, 4.69) is 35.9 Å². The molecule has 1 aromatic heterocycles. The Hall–Kier alpha value is -0.830. The third-order valence-electron chi connectivity index (χ3n) is 2.32. The van der Waals surface area contributed by atoms with Crippen LogP contribution in [-0.4, -0.2) is 23.4 Å². The Kier molecular flexibility index (Phi) is 2.87. The zero-order chi connectivity index (χ0) is 9.14. The smallest absolute Gasteiger partial charge is 0.0625 e. The van der Waals surface area contributed by atoms with Crippen LogP contribution in [0.3, 0.4) is 0 Å². The number of aromatic nitrogens is 2. The van der Waals surface area contributed by atoms with Crippen LogP contribution in [0, 0.1) is 20.8 Å². The van der Waals surface area contributed by atoms with Crippen LogP contribution < -0.4 is 5.32 Å². The summed E-state index contributed by atoms with van der Waals surface area (Å²) < 4.78 is 2.06. The maximum Gasteiger partial charge on any atom is 0.0625 e. The van der Waals surface area contributed by atoms with E-state index in [-0.39, 0.29) is 0 Å². The van der Waals surface area contributed by atoms with E-state index in [0.29, 0.717) is 0 Å². The van der Waals surface area contributed by atoms with E-state index in [4.69, 9.17) is 0 Å². The molecule has 1 heterocycles. The molecule has 12 heavy (non-hydrogen) atoms. The van der Waals surface area contributed by atoms with Crippen molar-refractivity contribution in [1.29, 1.82) is 0 Å². The second-order valence-electron chi connectivity index (χ2n) is 3.12. The molecule has 0 aliphatic heterocycles. The van der Waals surface area contributed by atoms with E-state index in [0.717, 1.165) is 18.8 Å². The molecule has 0 saturated carbocycles. The number of nitrogens with zero attached hydrogens (tertiary/aromatic N) is 2. The van der Waals surface area contributed by atoms with E-state index < -0.39 is 0 Å². The molecule has 1 N–H and O–H groups in total. The maximum atomic E-state index is 4.42. The second-order valence-corrected chi connectivity index (χ2v) is 3.12. The highest BCUT2D eigenvalue weighted by Gasteiger charge is 2.05. The molecule has 1 aromatic rings. The molecule has 0 aliphatic carbocycles. The Balaban J connectivity index is 2.79. The first-order chi connectivity index (χ1) is 5.66. The van der Waals surface area contributed by atoms with Crippen molar-refractivity contribution >= 4 is 0 Å². The van der Waals surface area contributed by atoms with Crippen LogP contribution in [-0.2, 0) is 6.54 Å². The Bertz CT molecular complexity index is 263. The Morgan fingerprint density at radius 3 is 2.42 bits per heavy atom. The molecule has 3 nitrogen and oxygen atoms in total. The van der Waals surface area contributed by atoms with E-state index in [1.54, 1.807) is 0 Å². The van der Waals surface area contributed by atoms with Gasteiger partial charge in [-0.25, -0.2) is 0 Å². The van der Waals surface area contributed by atoms with E-state index in [9.17, 15) is 0 Å². The standard InChI is InChI=1S/C9H17N3/c1-7-8(2)11-12(9(7)3)6-5-10-4/h10H,5-6H2,1-4H3. The number of likely N-dealkylation sites (N-methyl/N-ethyl adjacent to an activating group) is 1. The van der Waals surface area contributed by atoms with Crippen molar-refractivity contribution in [3.8, 4) is 0 Å². The third-order valence-corrected chi connectivity index (χ3v) is 2.32. The number of hydrogen-bond donors (Lipinski definition) is 1. The molecular formula is C9H17N3. The van der Waals surface area contributed by atoms with Gasteiger partial charge >= 0.3 is 0 Å². The van der Waals surface area contributed by atoms with Gasteiger partial charge in [0.25, 0.3) is 0 Å². The lowest BCUT2D eigenvalue weighted by molar-refractivity contribution is 0.568. The van der Waals surface area contributed by atoms with Crippen molar-refractivity contribution in [3.05, 3.63) is 17.0 Å². The van der Waals surface area contributed by atoms with Crippen molar-refractivity contribution in [3.63, 3.8) is 0 Å². The Labute approximate surface area is 73.8 Å². The van der Waals surface area contributed by atoms with Crippen LogP contribution in [0.25, 0.3) is 0 Å². The molecule has 0 aliphatic rings. The van der Waals surface area contributed by atoms with E-state index in [1.807, 2.05) is 7.05 Å². The van der Waals surface area contributed by atoms with Gasteiger partial charge in [0.1, 0.15) is 0 Å². The minimum Gasteiger partial charge on any atom is -0.318 e. The van der Waals surface area contributed by atoms with Crippen molar-refractivity contribution in [2.75, 3.05) is 13.6 Å². The van der Waals surface area contributed by atoms with Crippen LogP contribution in [0.15, 0.2) is 0 Å². The summed E-state index contributed by atoms with van der Waals surface area (Å²) in [6, 6.07) is 0. The summed E-state index contributed by atoms with van der Waals surface area (Å²) in [5.74, 6) is 0. The van der Waals surface area contributed by atoms with Crippen LogP contribution >= 0.6 is 0 Å². The fourth-order valence-electron chi connectivity index (χ4n) is 1.22. The first kappa shape index (κ1) is 9.26. The summed E-state index contributed by atoms with van der Waals surface area (Å²) in [6.07, 6.45) is 0. The molecule has 0 bridgehead atoms. The lowest BCUT2D eigenvalue weighted by Crippen LogP contribution is -2.16. The fourth-order valence-corrected chi connectivity index (χ4v) is 1.22. The Morgan fingerprint density at radius 2 is 2.00 bits per heavy atom. The van der Waals surface area contributed by atoms with Crippen LogP contribution in [0.1, 0.15) is 17.0 Å². The largest absolute Gasteiger partial charge is 0.318 e. The molecule has 0 atom stereocenters. The van der Waals surface area contributed by atoms with Gasteiger partial charge in [0.05, 0.1) is 12.2 Å². The van der Waals surface area contributed by atoms with Gasteiger partial charge < -0.3 is 5.32 Å². The molecule has 0 radical (unpaired) electrons. The molecule has 0 aromatic carbocycles. The predicted octanol–water partition coefficient (Wildman–Crippen LogP) is 1.03. The van der Waals surface area contributed by atoms with Gasteiger partial charge in [-0.15, -0.1) is 0 Å². The predicted molar refractivity (Wildman–Crippen MR) is 50.4 cm³/mol. The topological polar surface area (TPSA) is 29.9 Å². The van der Waals surface area contributed by atoms with Crippen molar-refractivity contribution < 1.29 is 0 Å². The van der Waals surface area contributed by atoms with Gasteiger partial charge in [0.2, 0.25) is 0 Å². The summed E-state index contributed by atoms with van der Waals surface area (Å²) >= 11 is 0. The summed E-state index contributed by atoms with van der Waals surface area (Å²) in [6.45, 7) is 8.22. The highest BCUT2D eigenvalue weighted by molar-refractivity contribution is 5.21. The SMILES string of the molecule is CNCCn1nc(C)c(C)c1C. The molecule has 0 fully saturated rings. The number of nitrogens with one attached hydrogen (secondary N) is 1. The normalized spacial score (nSPS) is 10.7. The van der Waals surface area contributed by atoms with Gasteiger partial charge in [-0.3, -0.25) is 4.68 Å². The Morgan fingerprint density at radius 1 is 1.33 bits per heavy atom. The van der Waals surface area contributed by atoms with Gasteiger partial charge in [0, 0.05) is 12.2 Å². The fraction of sp³-hybridized carbons (Fsp3) is 0.667. The van der Waals surface area contributed by atoms with Gasteiger partial charge in [-0.1, -0.05) is 0 Å². The molecule has 3 heteroatoms. The molecule has 0 spiro atoms. The number of rotatable bonds is 3. The average Bonchev–Trinajstić information content (AvgIpc) is 2.30. The maximum absolute atomic E-state index is 4.42. The molecule has 68 valence electrons. The van der Waals surface area contributed by atoms with Crippen LogP contribution in [0.5, 0.6) is 0 Å². The van der Waals surface area contributed by atoms with E-state index in [1.165, 1.54) is 11.3 Å². The van der Waals surface area contributed by atoms with Crippen LogP contribution in [0.2, 0.25) is 0 Å².